The second-order valence-corrected chi connectivity index (χ2v) is 13.3. The van der Waals surface area contributed by atoms with E-state index in [1.54, 1.807) is 18.8 Å². The van der Waals surface area contributed by atoms with Crippen molar-refractivity contribution in [3.8, 4) is 0 Å². The van der Waals surface area contributed by atoms with E-state index < -0.39 is 17.8 Å². The Kier molecular flexibility index (Phi) is 9.51. The molecule has 15 heteroatoms. The fourth-order valence-corrected chi connectivity index (χ4v) is 7.66. The largest absolute Gasteiger partial charge is 0.490 e. The Morgan fingerprint density at radius 3 is 2.27 bits per heavy atom. The van der Waals surface area contributed by atoms with Crippen LogP contribution in [0.1, 0.15) is 42.7 Å². The highest BCUT2D eigenvalue weighted by Crippen LogP contribution is 2.43. The van der Waals surface area contributed by atoms with Gasteiger partial charge < -0.3 is 15.4 Å². The molecule has 2 aromatic carbocycles. The Labute approximate surface area is 263 Å². The van der Waals surface area contributed by atoms with Crippen molar-refractivity contribution >= 4 is 50.4 Å². The van der Waals surface area contributed by atoms with Crippen LogP contribution in [0.2, 0.25) is 0 Å². The summed E-state index contributed by atoms with van der Waals surface area (Å²) in [6, 6.07) is 17.9. The number of para-hydroxylation sites is 1. The third-order valence-corrected chi connectivity index (χ3v) is 10.2. The monoisotopic (exact) mass is 660 g/mol. The lowest BCUT2D eigenvalue weighted by Crippen LogP contribution is -2.40. The highest BCUT2D eigenvalue weighted by molar-refractivity contribution is 8.00. The number of hydrogen-bond acceptors (Lipinski definition) is 8. The van der Waals surface area contributed by atoms with Crippen LogP contribution in [0, 0.1) is 0 Å². The number of thioether (sulfide) groups is 1. The number of fused-ring (bicyclic) bond motifs is 2. The Hall–Kier alpha value is -3.95. The van der Waals surface area contributed by atoms with Crippen LogP contribution in [0.5, 0.6) is 0 Å². The molecule has 0 amide bonds. The van der Waals surface area contributed by atoms with E-state index in [9.17, 15) is 22.8 Å². The number of rotatable bonds is 7. The molecule has 0 saturated heterocycles. The molecule has 1 fully saturated rings. The molecule has 1 saturated carbocycles. The molecule has 10 nitrogen and oxygen atoms in total. The lowest BCUT2D eigenvalue weighted by Gasteiger charge is -2.35. The summed E-state index contributed by atoms with van der Waals surface area (Å²) < 4.78 is 37.4. The number of aryl methyl sites for hydroxylation is 1. The number of nitrogens with zero attached hydrogens (tertiary/aromatic N) is 5. The molecule has 0 radical (unpaired) electrons. The number of benzene rings is 2. The maximum Gasteiger partial charge on any atom is 0.490 e. The van der Waals surface area contributed by atoms with Crippen molar-refractivity contribution in [2.75, 3.05) is 6.54 Å². The standard InChI is InChI=1S/C28H30N6O2S2.C2HF3O2/c1-32-24-23(25(35)34(27(32)36)17-22-30-20-12-6-7-13-21(20)37-22)33(16-19-10-4-2-5-11-19)26(31-24)38-28(18-29)14-8-3-9-15-28;3-2(4,5)1(6)7/h2,4-7,10-13H,3,8-9,14-18,29H2,1H3;(H,6,7). The van der Waals surface area contributed by atoms with E-state index in [1.807, 2.05) is 59.2 Å². The number of nitrogens with two attached hydrogens (primary N) is 1. The van der Waals surface area contributed by atoms with Gasteiger partial charge in [-0.25, -0.2) is 19.6 Å². The zero-order chi connectivity index (χ0) is 32.4. The number of aliphatic carboxylic acids is 1. The van der Waals surface area contributed by atoms with Gasteiger partial charge in [0.2, 0.25) is 0 Å². The lowest BCUT2D eigenvalue weighted by molar-refractivity contribution is -0.192. The molecule has 3 N–H and O–H groups in total. The molecule has 0 bridgehead atoms. The molecule has 1 aliphatic rings. The van der Waals surface area contributed by atoms with Gasteiger partial charge in [0.05, 0.1) is 23.3 Å². The van der Waals surface area contributed by atoms with Crippen LogP contribution >= 0.6 is 23.1 Å². The zero-order valence-corrected chi connectivity index (χ0v) is 25.9. The lowest BCUT2D eigenvalue weighted by atomic mass is 9.88. The molecule has 0 spiro atoms. The summed E-state index contributed by atoms with van der Waals surface area (Å²) in [7, 11) is 1.69. The highest BCUT2D eigenvalue weighted by Gasteiger charge is 2.38. The molecular weight excluding hydrogens is 629 g/mol. The van der Waals surface area contributed by atoms with Gasteiger partial charge >= 0.3 is 17.8 Å². The fourth-order valence-electron chi connectivity index (χ4n) is 5.34. The SMILES string of the molecule is Cn1c(=O)n(Cc2nc3ccccc3s2)c(=O)c2c1nc(SC1(CN)CCCCC1)n2Cc1ccccc1.O=C(O)C(F)(F)F. The van der Waals surface area contributed by atoms with Crippen LogP contribution in [0.25, 0.3) is 21.4 Å². The first-order chi connectivity index (χ1) is 21.4. The number of carboxylic acids is 1. The summed E-state index contributed by atoms with van der Waals surface area (Å²) in [6.07, 6.45) is 0.438. The minimum atomic E-state index is -5.08. The molecule has 5 aromatic rings. The molecule has 238 valence electrons. The van der Waals surface area contributed by atoms with Gasteiger partial charge in [-0.3, -0.25) is 13.9 Å². The Morgan fingerprint density at radius 1 is 1.00 bits per heavy atom. The second kappa shape index (κ2) is 13.2. The van der Waals surface area contributed by atoms with Crippen LogP contribution in [-0.4, -0.2) is 52.2 Å². The van der Waals surface area contributed by atoms with E-state index in [-0.39, 0.29) is 16.9 Å². The van der Waals surface area contributed by atoms with Crippen molar-refractivity contribution in [3.63, 3.8) is 0 Å². The number of carboxylic acid groups (broad SMARTS) is 1. The van der Waals surface area contributed by atoms with E-state index in [0.29, 0.717) is 24.3 Å². The molecular formula is C30H31F3N6O4S2. The van der Waals surface area contributed by atoms with Gasteiger partial charge in [-0.2, -0.15) is 13.2 Å². The minimum Gasteiger partial charge on any atom is -0.475 e. The Balaban J connectivity index is 0.000000515. The summed E-state index contributed by atoms with van der Waals surface area (Å²) in [4.78, 5) is 45.9. The highest BCUT2D eigenvalue weighted by atomic mass is 32.2. The molecule has 3 heterocycles. The van der Waals surface area contributed by atoms with E-state index in [2.05, 4.69) is 4.98 Å². The predicted octanol–water partition coefficient (Wildman–Crippen LogP) is 4.99. The third kappa shape index (κ3) is 6.99. The summed E-state index contributed by atoms with van der Waals surface area (Å²) in [5.41, 5.74) is 8.35. The zero-order valence-electron chi connectivity index (χ0n) is 24.3. The molecule has 3 aromatic heterocycles. The Bertz CT molecular complexity index is 1910. The number of halogens is 3. The van der Waals surface area contributed by atoms with Gasteiger partial charge in [0.1, 0.15) is 5.01 Å². The topological polar surface area (TPSA) is 138 Å². The van der Waals surface area contributed by atoms with E-state index in [1.165, 1.54) is 26.9 Å². The van der Waals surface area contributed by atoms with Crippen molar-refractivity contribution < 1.29 is 23.1 Å². The summed E-state index contributed by atoms with van der Waals surface area (Å²) in [6.45, 7) is 1.15. The molecule has 0 atom stereocenters. The fraction of sp³-hybridized carbons (Fsp3) is 0.367. The quantitative estimate of drug-likeness (QED) is 0.249. The maximum atomic E-state index is 14.0. The predicted molar refractivity (Wildman–Crippen MR) is 168 cm³/mol. The van der Waals surface area contributed by atoms with Crippen LogP contribution in [0.4, 0.5) is 13.2 Å². The molecule has 0 unspecified atom stereocenters. The number of hydrogen-bond donors (Lipinski definition) is 2. The van der Waals surface area contributed by atoms with Gasteiger partial charge in [0.25, 0.3) is 5.56 Å². The average Bonchev–Trinajstić information content (AvgIpc) is 3.60. The van der Waals surface area contributed by atoms with Gasteiger partial charge in [0, 0.05) is 18.3 Å². The van der Waals surface area contributed by atoms with Crippen molar-refractivity contribution in [1.82, 2.24) is 23.7 Å². The molecule has 1 aliphatic carbocycles. The van der Waals surface area contributed by atoms with E-state index >= 15 is 0 Å². The van der Waals surface area contributed by atoms with E-state index in [4.69, 9.17) is 20.6 Å². The van der Waals surface area contributed by atoms with Crippen LogP contribution in [-0.2, 0) is 24.9 Å². The summed E-state index contributed by atoms with van der Waals surface area (Å²) in [5, 5.41) is 8.58. The number of aromatic nitrogens is 5. The minimum absolute atomic E-state index is 0.118. The van der Waals surface area contributed by atoms with Crippen LogP contribution < -0.4 is 17.0 Å². The second-order valence-electron chi connectivity index (χ2n) is 10.8. The number of imidazole rings is 1. The Morgan fingerprint density at radius 2 is 1.64 bits per heavy atom. The molecule has 45 heavy (non-hydrogen) atoms. The summed E-state index contributed by atoms with van der Waals surface area (Å²) >= 11 is 3.17. The van der Waals surface area contributed by atoms with E-state index in [0.717, 1.165) is 51.6 Å². The normalized spacial score (nSPS) is 14.8. The number of thiazole rings is 1. The van der Waals surface area contributed by atoms with Crippen molar-refractivity contribution in [2.24, 2.45) is 12.8 Å². The van der Waals surface area contributed by atoms with Crippen LogP contribution in [0.3, 0.4) is 0 Å². The average molecular weight is 661 g/mol. The smallest absolute Gasteiger partial charge is 0.475 e. The van der Waals surface area contributed by atoms with Crippen molar-refractivity contribution in [3.05, 3.63) is 86.0 Å². The summed E-state index contributed by atoms with van der Waals surface area (Å²) in [5.74, 6) is -2.76. The van der Waals surface area contributed by atoms with Crippen LogP contribution in [0.15, 0.2) is 69.3 Å². The molecule has 0 aliphatic heterocycles. The third-order valence-electron chi connectivity index (χ3n) is 7.70. The number of carbonyl (C=O) groups is 1. The molecule has 6 rings (SSSR count). The maximum absolute atomic E-state index is 14.0. The number of alkyl halides is 3. The van der Waals surface area contributed by atoms with Gasteiger partial charge in [0.15, 0.2) is 16.3 Å². The first-order valence-electron chi connectivity index (χ1n) is 14.2. The first kappa shape index (κ1) is 32.4. The van der Waals surface area contributed by atoms with Gasteiger partial charge in [-0.1, -0.05) is 73.5 Å². The van der Waals surface area contributed by atoms with Gasteiger partial charge in [-0.15, -0.1) is 11.3 Å². The van der Waals surface area contributed by atoms with Crippen molar-refractivity contribution in [1.29, 1.82) is 0 Å². The first-order valence-corrected chi connectivity index (χ1v) is 15.8. The van der Waals surface area contributed by atoms with Crippen molar-refractivity contribution in [2.45, 2.75) is 61.3 Å². The van der Waals surface area contributed by atoms with Gasteiger partial charge in [-0.05, 0) is 30.5 Å².